The Morgan fingerprint density at radius 3 is 2.61 bits per heavy atom. The highest BCUT2D eigenvalue weighted by Gasteiger charge is 2.16. The van der Waals surface area contributed by atoms with Crippen molar-refractivity contribution in [2.45, 2.75) is 13.0 Å². The Balaban J connectivity index is 2.10. The largest absolute Gasteiger partial charge is 0.396 e. The molecule has 0 bridgehead atoms. The maximum atomic E-state index is 12.0. The van der Waals surface area contributed by atoms with Gasteiger partial charge in [0.2, 0.25) is 0 Å². The zero-order valence-corrected chi connectivity index (χ0v) is 10.4. The van der Waals surface area contributed by atoms with Crippen LogP contribution in [0.25, 0.3) is 0 Å². The molecule has 94 valence electrons. The molecule has 5 nitrogen and oxygen atoms in total. The predicted octanol–water partition coefficient (Wildman–Crippen LogP) is 1.49. The van der Waals surface area contributed by atoms with E-state index in [-0.39, 0.29) is 17.6 Å². The highest BCUT2D eigenvalue weighted by molar-refractivity contribution is 5.97. The van der Waals surface area contributed by atoms with Crippen LogP contribution in [0.5, 0.6) is 0 Å². The highest BCUT2D eigenvalue weighted by atomic mass is 16.2. The van der Waals surface area contributed by atoms with Gasteiger partial charge in [0.25, 0.3) is 5.91 Å². The zero-order valence-electron chi connectivity index (χ0n) is 10.4. The van der Waals surface area contributed by atoms with Gasteiger partial charge in [0.15, 0.2) is 5.69 Å². The van der Waals surface area contributed by atoms with Crippen LogP contribution in [0, 0.1) is 0 Å². The second-order valence-corrected chi connectivity index (χ2v) is 4.21. The van der Waals surface area contributed by atoms with Crippen LogP contribution < -0.4 is 11.1 Å². The molecule has 3 N–H and O–H groups in total. The first-order chi connectivity index (χ1) is 8.58. The molecule has 0 radical (unpaired) electrons. The number of nitrogen functional groups attached to an aromatic ring is 1. The van der Waals surface area contributed by atoms with E-state index in [1.165, 1.54) is 4.68 Å². The minimum Gasteiger partial charge on any atom is -0.396 e. The number of amides is 1. The van der Waals surface area contributed by atoms with Gasteiger partial charge in [0, 0.05) is 13.2 Å². The van der Waals surface area contributed by atoms with E-state index >= 15 is 0 Å². The Kier molecular flexibility index (Phi) is 3.32. The molecule has 1 aromatic heterocycles. The predicted molar refractivity (Wildman–Crippen MR) is 69.9 cm³/mol. The lowest BCUT2D eigenvalue weighted by atomic mass is 10.1. The zero-order chi connectivity index (χ0) is 13.1. The summed E-state index contributed by atoms with van der Waals surface area (Å²) in [6, 6.07) is 9.66. The fourth-order valence-corrected chi connectivity index (χ4v) is 1.77. The molecule has 0 fully saturated rings. The SMILES string of the molecule is C[C@@H](NC(=O)c1nn(C)cc1N)c1ccccc1. The van der Waals surface area contributed by atoms with E-state index in [0.29, 0.717) is 5.69 Å². The van der Waals surface area contributed by atoms with Crippen molar-refractivity contribution in [3.05, 3.63) is 47.8 Å². The number of nitrogens with zero attached hydrogens (tertiary/aromatic N) is 2. The number of anilines is 1. The molecule has 0 unspecified atom stereocenters. The van der Waals surface area contributed by atoms with E-state index in [2.05, 4.69) is 10.4 Å². The lowest BCUT2D eigenvalue weighted by molar-refractivity contribution is 0.0935. The van der Waals surface area contributed by atoms with Crippen LogP contribution in [0.3, 0.4) is 0 Å². The third kappa shape index (κ3) is 2.51. The Hall–Kier alpha value is -2.30. The normalized spacial score (nSPS) is 12.1. The van der Waals surface area contributed by atoms with Gasteiger partial charge in [-0.05, 0) is 12.5 Å². The molecule has 0 saturated carbocycles. The first-order valence-corrected chi connectivity index (χ1v) is 5.73. The van der Waals surface area contributed by atoms with Gasteiger partial charge in [-0.25, -0.2) is 0 Å². The summed E-state index contributed by atoms with van der Waals surface area (Å²) in [5.74, 6) is -0.260. The van der Waals surface area contributed by atoms with E-state index in [0.717, 1.165) is 5.56 Å². The number of aryl methyl sites for hydroxylation is 1. The van der Waals surface area contributed by atoms with Gasteiger partial charge in [-0.15, -0.1) is 0 Å². The van der Waals surface area contributed by atoms with E-state index in [4.69, 9.17) is 5.73 Å². The molecule has 0 spiro atoms. The molecule has 1 heterocycles. The van der Waals surface area contributed by atoms with E-state index < -0.39 is 0 Å². The minimum absolute atomic E-state index is 0.0832. The molecule has 18 heavy (non-hydrogen) atoms. The number of carbonyl (C=O) groups is 1. The van der Waals surface area contributed by atoms with Crippen molar-refractivity contribution in [3.8, 4) is 0 Å². The second-order valence-electron chi connectivity index (χ2n) is 4.21. The average Bonchev–Trinajstić information content (AvgIpc) is 2.69. The van der Waals surface area contributed by atoms with E-state index in [1.807, 2.05) is 37.3 Å². The molecule has 5 heteroatoms. The second kappa shape index (κ2) is 4.91. The maximum Gasteiger partial charge on any atom is 0.274 e. The summed E-state index contributed by atoms with van der Waals surface area (Å²) in [7, 11) is 1.73. The van der Waals surface area contributed by atoms with Crippen LogP contribution in [-0.4, -0.2) is 15.7 Å². The number of carbonyl (C=O) groups excluding carboxylic acids is 1. The van der Waals surface area contributed by atoms with Gasteiger partial charge in [-0.3, -0.25) is 9.48 Å². The van der Waals surface area contributed by atoms with Crippen LogP contribution in [-0.2, 0) is 7.05 Å². The summed E-state index contributed by atoms with van der Waals surface area (Å²) in [4.78, 5) is 12.0. The first-order valence-electron chi connectivity index (χ1n) is 5.73. The fraction of sp³-hybridized carbons (Fsp3) is 0.231. The molecule has 1 atom stereocenters. The summed E-state index contributed by atoms with van der Waals surface area (Å²) in [6.07, 6.45) is 1.61. The summed E-state index contributed by atoms with van der Waals surface area (Å²) in [5.41, 5.74) is 7.40. The highest BCUT2D eigenvalue weighted by Crippen LogP contribution is 2.14. The average molecular weight is 244 g/mol. The summed E-state index contributed by atoms with van der Waals surface area (Å²) in [5, 5.41) is 6.91. The summed E-state index contributed by atoms with van der Waals surface area (Å²) < 4.78 is 1.53. The Morgan fingerprint density at radius 2 is 2.06 bits per heavy atom. The third-order valence-corrected chi connectivity index (χ3v) is 2.72. The van der Waals surface area contributed by atoms with Crippen molar-refractivity contribution in [1.82, 2.24) is 15.1 Å². The van der Waals surface area contributed by atoms with Crippen molar-refractivity contribution in [3.63, 3.8) is 0 Å². The number of hydrogen-bond acceptors (Lipinski definition) is 3. The van der Waals surface area contributed by atoms with Gasteiger partial charge in [-0.2, -0.15) is 5.10 Å². The molecule has 1 aromatic carbocycles. The quantitative estimate of drug-likeness (QED) is 0.859. The van der Waals surface area contributed by atoms with Gasteiger partial charge < -0.3 is 11.1 Å². The molecule has 2 aromatic rings. The first kappa shape index (κ1) is 12.2. The Labute approximate surface area is 106 Å². The van der Waals surface area contributed by atoms with Crippen LogP contribution in [0.15, 0.2) is 36.5 Å². The fourth-order valence-electron chi connectivity index (χ4n) is 1.77. The van der Waals surface area contributed by atoms with Crippen molar-refractivity contribution < 1.29 is 4.79 Å². The van der Waals surface area contributed by atoms with Gasteiger partial charge in [0.05, 0.1) is 11.7 Å². The number of aromatic nitrogens is 2. The monoisotopic (exact) mass is 244 g/mol. The number of nitrogens with one attached hydrogen (secondary N) is 1. The summed E-state index contributed by atoms with van der Waals surface area (Å²) >= 11 is 0. The lowest BCUT2D eigenvalue weighted by Gasteiger charge is -2.13. The summed E-state index contributed by atoms with van der Waals surface area (Å²) in [6.45, 7) is 1.92. The molecule has 0 aliphatic rings. The molecule has 0 aliphatic heterocycles. The number of benzene rings is 1. The Morgan fingerprint density at radius 1 is 1.39 bits per heavy atom. The molecule has 2 rings (SSSR count). The van der Waals surface area contributed by atoms with E-state index in [1.54, 1.807) is 13.2 Å². The lowest BCUT2D eigenvalue weighted by Crippen LogP contribution is -2.27. The molecular weight excluding hydrogens is 228 g/mol. The third-order valence-electron chi connectivity index (χ3n) is 2.72. The standard InChI is InChI=1S/C13H16N4O/c1-9(10-6-4-3-5-7-10)15-13(18)12-11(14)8-17(2)16-12/h3-9H,14H2,1-2H3,(H,15,18)/t9-/m1/s1. The Bertz CT molecular complexity index is 547. The van der Waals surface area contributed by atoms with Gasteiger partial charge >= 0.3 is 0 Å². The minimum atomic E-state index is -0.260. The molecular formula is C13H16N4O. The van der Waals surface area contributed by atoms with Crippen molar-refractivity contribution >= 4 is 11.6 Å². The molecule has 0 saturated heterocycles. The smallest absolute Gasteiger partial charge is 0.274 e. The van der Waals surface area contributed by atoms with E-state index in [9.17, 15) is 4.79 Å². The number of hydrogen-bond donors (Lipinski definition) is 2. The van der Waals surface area contributed by atoms with Crippen LogP contribution in [0.2, 0.25) is 0 Å². The molecule has 1 amide bonds. The van der Waals surface area contributed by atoms with Crippen molar-refractivity contribution in [2.75, 3.05) is 5.73 Å². The van der Waals surface area contributed by atoms with Gasteiger partial charge in [0.1, 0.15) is 0 Å². The van der Waals surface area contributed by atoms with Crippen LogP contribution in [0.1, 0.15) is 29.0 Å². The number of nitrogens with two attached hydrogens (primary N) is 1. The molecule has 0 aliphatic carbocycles. The van der Waals surface area contributed by atoms with Crippen LogP contribution >= 0.6 is 0 Å². The van der Waals surface area contributed by atoms with Crippen LogP contribution in [0.4, 0.5) is 5.69 Å². The number of rotatable bonds is 3. The topological polar surface area (TPSA) is 72.9 Å². The van der Waals surface area contributed by atoms with Crippen molar-refractivity contribution in [1.29, 1.82) is 0 Å². The van der Waals surface area contributed by atoms with Gasteiger partial charge in [-0.1, -0.05) is 30.3 Å². The maximum absolute atomic E-state index is 12.0. The van der Waals surface area contributed by atoms with Crippen molar-refractivity contribution in [2.24, 2.45) is 7.05 Å².